The van der Waals surface area contributed by atoms with E-state index in [2.05, 4.69) is 14.5 Å². The summed E-state index contributed by atoms with van der Waals surface area (Å²) in [5.41, 5.74) is 6.76. The summed E-state index contributed by atoms with van der Waals surface area (Å²) in [6, 6.07) is 1.94. The van der Waals surface area contributed by atoms with Gasteiger partial charge in [-0.05, 0) is 6.07 Å². The Balaban J connectivity index is 1.72. The molecule has 2 N–H and O–H groups in total. The second kappa shape index (κ2) is 4.35. The SMILES string of the molecule is NCc1ccoc1CN1CCn2ccnc2C1. The van der Waals surface area contributed by atoms with E-state index in [9.17, 15) is 0 Å². The van der Waals surface area contributed by atoms with Crippen molar-refractivity contribution < 1.29 is 4.42 Å². The van der Waals surface area contributed by atoms with Crippen LogP contribution < -0.4 is 5.73 Å². The van der Waals surface area contributed by atoms with Crippen molar-refractivity contribution in [1.29, 1.82) is 0 Å². The van der Waals surface area contributed by atoms with Crippen molar-refractivity contribution in [3.63, 3.8) is 0 Å². The van der Waals surface area contributed by atoms with Gasteiger partial charge >= 0.3 is 0 Å². The third-order valence-electron chi connectivity index (χ3n) is 3.25. The molecule has 0 aromatic carbocycles. The number of fused-ring (bicyclic) bond motifs is 1. The lowest BCUT2D eigenvalue weighted by atomic mass is 10.2. The number of imidazole rings is 1. The first-order valence-electron chi connectivity index (χ1n) is 5.84. The zero-order valence-corrected chi connectivity index (χ0v) is 9.67. The number of rotatable bonds is 3. The Kier molecular flexibility index (Phi) is 2.70. The highest BCUT2D eigenvalue weighted by Gasteiger charge is 2.18. The molecule has 0 radical (unpaired) electrons. The van der Waals surface area contributed by atoms with Crippen molar-refractivity contribution in [2.75, 3.05) is 6.54 Å². The molecule has 0 amide bonds. The highest BCUT2D eigenvalue weighted by atomic mass is 16.3. The normalized spacial score (nSPS) is 16.1. The standard InChI is InChI=1S/C12H16N4O/c13-7-10-1-6-17-11(10)8-15-4-5-16-3-2-14-12(16)9-15/h1-3,6H,4-5,7-9,13H2. The monoisotopic (exact) mass is 232 g/mol. The minimum Gasteiger partial charge on any atom is -0.468 e. The molecule has 0 saturated carbocycles. The van der Waals surface area contributed by atoms with Crippen molar-refractivity contribution in [3.8, 4) is 0 Å². The summed E-state index contributed by atoms with van der Waals surface area (Å²) in [5.74, 6) is 2.10. The largest absolute Gasteiger partial charge is 0.468 e. The predicted octanol–water partition coefficient (Wildman–Crippen LogP) is 0.951. The molecular weight excluding hydrogens is 216 g/mol. The van der Waals surface area contributed by atoms with Gasteiger partial charge < -0.3 is 14.7 Å². The smallest absolute Gasteiger partial charge is 0.122 e. The van der Waals surface area contributed by atoms with E-state index in [1.165, 1.54) is 0 Å². The van der Waals surface area contributed by atoms with Gasteiger partial charge in [0.05, 0.1) is 19.4 Å². The van der Waals surface area contributed by atoms with Crippen molar-refractivity contribution in [3.05, 3.63) is 41.9 Å². The van der Waals surface area contributed by atoms with Crippen LogP contribution in [0.5, 0.6) is 0 Å². The van der Waals surface area contributed by atoms with Gasteiger partial charge in [-0.25, -0.2) is 4.98 Å². The minimum absolute atomic E-state index is 0.536. The highest BCUT2D eigenvalue weighted by molar-refractivity contribution is 5.16. The molecule has 1 aliphatic rings. The van der Waals surface area contributed by atoms with Gasteiger partial charge in [-0.1, -0.05) is 0 Å². The lowest BCUT2D eigenvalue weighted by Crippen LogP contribution is -2.33. The lowest BCUT2D eigenvalue weighted by molar-refractivity contribution is 0.193. The average molecular weight is 232 g/mol. The first kappa shape index (κ1) is 10.6. The van der Waals surface area contributed by atoms with E-state index in [-0.39, 0.29) is 0 Å². The molecule has 1 aliphatic heterocycles. The van der Waals surface area contributed by atoms with Crippen molar-refractivity contribution in [2.45, 2.75) is 26.2 Å². The first-order valence-corrected chi connectivity index (χ1v) is 5.84. The van der Waals surface area contributed by atoms with E-state index in [4.69, 9.17) is 10.2 Å². The number of hydrogen-bond acceptors (Lipinski definition) is 4. The van der Waals surface area contributed by atoms with Crippen LogP contribution in [-0.2, 0) is 26.2 Å². The van der Waals surface area contributed by atoms with Gasteiger partial charge in [0, 0.05) is 37.6 Å². The predicted molar refractivity (Wildman–Crippen MR) is 62.9 cm³/mol. The summed E-state index contributed by atoms with van der Waals surface area (Å²) in [7, 11) is 0. The van der Waals surface area contributed by atoms with E-state index in [1.54, 1.807) is 6.26 Å². The molecule has 5 nitrogen and oxygen atoms in total. The van der Waals surface area contributed by atoms with Crippen LogP contribution in [0.1, 0.15) is 17.1 Å². The second-order valence-corrected chi connectivity index (χ2v) is 4.32. The maximum absolute atomic E-state index is 5.67. The van der Waals surface area contributed by atoms with Gasteiger partial charge in [-0.3, -0.25) is 4.90 Å². The first-order chi connectivity index (χ1) is 8.36. The van der Waals surface area contributed by atoms with Crippen LogP contribution in [0.15, 0.2) is 29.1 Å². The molecule has 0 saturated heterocycles. The Morgan fingerprint density at radius 1 is 1.41 bits per heavy atom. The number of nitrogens with two attached hydrogens (primary N) is 1. The maximum Gasteiger partial charge on any atom is 0.122 e. The number of aromatic nitrogens is 2. The van der Waals surface area contributed by atoms with Crippen LogP contribution in [0.2, 0.25) is 0 Å². The molecule has 2 aromatic heterocycles. The van der Waals surface area contributed by atoms with E-state index >= 15 is 0 Å². The van der Waals surface area contributed by atoms with Gasteiger partial charge in [0.25, 0.3) is 0 Å². The van der Waals surface area contributed by atoms with Gasteiger partial charge in [0.2, 0.25) is 0 Å². The molecular formula is C12H16N4O. The van der Waals surface area contributed by atoms with E-state index in [1.807, 2.05) is 18.5 Å². The van der Waals surface area contributed by atoms with Crippen LogP contribution in [0.25, 0.3) is 0 Å². The Bertz CT molecular complexity index is 502. The van der Waals surface area contributed by atoms with Crippen LogP contribution in [0.4, 0.5) is 0 Å². The molecule has 3 rings (SSSR count). The van der Waals surface area contributed by atoms with Gasteiger partial charge in [-0.2, -0.15) is 0 Å². The van der Waals surface area contributed by atoms with Crippen LogP contribution in [-0.4, -0.2) is 21.0 Å². The second-order valence-electron chi connectivity index (χ2n) is 4.32. The summed E-state index contributed by atoms with van der Waals surface area (Å²) in [5, 5.41) is 0. The maximum atomic E-state index is 5.67. The molecule has 0 fully saturated rings. The third-order valence-corrected chi connectivity index (χ3v) is 3.25. The van der Waals surface area contributed by atoms with Crippen molar-refractivity contribution >= 4 is 0 Å². The molecule has 5 heteroatoms. The molecule has 0 atom stereocenters. The fraction of sp³-hybridized carbons (Fsp3) is 0.417. The molecule has 0 bridgehead atoms. The van der Waals surface area contributed by atoms with Gasteiger partial charge in [-0.15, -0.1) is 0 Å². The van der Waals surface area contributed by atoms with Crippen LogP contribution in [0, 0.1) is 0 Å². The molecule has 17 heavy (non-hydrogen) atoms. The summed E-state index contributed by atoms with van der Waals surface area (Å²) in [4.78, 5) is 6.68. The molecule has 0 spiro atoms. The van der Waals surface area contributed by atoms with E-state index in [0.29, 0.717) is 6.54 Å². The summed E-state index contributed by atoms with van der Waals surface area (Å²) in [6.07, 6.45) is 5.60. The zero-order valence-electron chi connectivity index (χ0n) is 9.67. The molecule has 2 aromatic rings. The van der Waals surface area contributed by atoms with Crippen molar-refractivity contribution in [2.24, 2.45) is 5.73 Å². The number of furan rings is 1. The van der Waals surface area contributed by atoms with Crippen LogP contribution >= 0.6 is 0 Å². The fourth-order valence-electron chi connectivity index (χ4n) is 2.25. The fourth-order valence-corrected chi connectivity index (χ4v) is 2.25. The minimum atomic E-state index is 0.536. The zero-order chi connectivity index (χ0) is 11.7. The Labute approximate surface area is 99.8 Å². The summed E-state index contributed by atoms with van der Waals surface area (Å²) >= 11 is 0. The molecule has 0 aliphatic carbocycles. The quantitative estimate of drug-likeness (QED) is 0.856. The molecule has 3 heterocycles. The molecule has 0 unspecified atom stereocenters. The topological polar surface area (TPSA) is 60.2 Å². The third kappa shape index (κ3) is 1.99. The van der Waals surface area contributed by atoms with E-state index in [0.717, 1.165) is 43.3 Å². The Hall–Kier alpha value is -1.59. The van der Waals surface area contributed by atoms with Crippen LogP contribution in [0.3, 0.4) is 0 Å². The Morgan fingerprint density at radius 2 is 2.35 bits per heavy atom. The van der Waals surface area contributed by atoms with Gasteiger partial charge in [0.1, 0.15) is 11.6 Å². The Morgan fingerprint density at radius 3 is 3.24 bits per heavy atom. The van der Waals surface area contributed by atoms with Gasteiger partial charge in [0.15, 0.2) is 0 Å². The number of hydrogen-bond donors (Lipinski definition) is 1. The summed E-state index contributed by atoms with van der Waals surface area (Å²) < 4.78 is 7.68. The summed E-state index contributed by atoms with van der Waals surface area (Å²) in [6.45, 7) is 4.24. The van der Waals surface area contributed by atoms with E-state index < -0.39 is 0 Å². The van der Waals surface area contributed by atoms with Crippen molar-refractivity contribution in [1.82, 2.24) is 14.5 Å². The number of nitrogens with zero attached hydrogens (tertiary/aromatic N) is 3. The average Bonchev–Trinajstić information content (AvgIpc) is 2.96. The molecule has 90 valence electrons. The lowest BCUT2D eigenvalue weighted by Gasteiger charge is -2.26. The highest BCUT2D eigenvalue weighted by Crippen LogP contribution is 2.17.